The van der Waals surface area contributed by atoms with Gasteiger partial charge in [-0.05, 0) is 67.1 Å². The fourth-order valence-corrected chi connectivity index (χ4v) is 3.05. The Bertz CT molecular complexity index is 1000. The highest BCUT2D eigenvalue weighted by molar-refractivity contribution is 6.06. The third kappa shape index (κ3) is 6.60. The van der Waals surface area contributed by atoms with E-state index in [0.29, 0.717) is 17.9 Å². The van der Waals surface area contributed by atoms with Crippen molar-refractivity contribution in [2.75, 3.05) is 35.7 Å². The van der Waals surface area contributed by atoms with E-state index in [2.05, 4.69) is 17.6 Å². The Morgan fingerprint density at radius 1 is 0.875 bits per heavy atom. The van der Waals surface area contributed by atoms with Crippen LogP contribution in [0, 0.1) is 0 Å². The van der Waals surface area contributed by atoms with E-state index in [0.717, 1.165) is 30.0 Å². The minimum Gasteiger partial charge on any atom is -0.494 e. The second-order valence-electron chi connectivity index (χ2n) is 7.41. The molecule has 0 aliphatic carbocycles. The first kappa shape index (κ1) is 22.9. The quantitative estimate of drug-likeness (QED) is 0.433. The SMILES string of the molecule is CCCCOc1ccc(NCC(=O)Nc2ccc(C(=O)N(C)c3ccccc3)cc2)cc1. The number of rotatable bonds is 10. The highest BCUT2D eigenvalue weighted by Crippen LogP contribution is 2.18. The van der Waals surface area contributed by atoms with Crippen LogP contribution >= 0.6 is 0 Å². The lowest BCUT2D eigenvalue weighted by Crippen LogP contribution is -2.26. The summed E-state index contributed by atoms with van der Waals surface area (Å²) < 4.78 is 5.64. The van der Waals surface area contributed by atoms with E-state index in [9.17, 15) is 9.59 Å². The van der Waals surface area contributed by atoms with Crippen molar-refractivity contribution in [1.29, 1.82) is 0 Å². The van der Waals surface area contributed by atoms with Crippen molar-refractivity contribution in [3.05, 3.63) is 84.4 Å². The average Bonchev–Trinajstić information content (AvgIpc) is 2.84. The molecule has 0 saturated carbocycles. The Kier molecular flexibility index (Phi) is 8.26. The number of amides is 2. The van der Waals surface area contributed by atoms with Gasteiger partial charge < -0.3 is 20.3 Å². The average molecular weight is 432 g/mol. The van der Waals surface area contributed by atoms with Crippen molar-refractivity contribution in [3.63, 3.8) is 0 Å². The number of hydrogen-bond acceptors (Lipinski definition) is 4. The summed E-state index contributed by atoms with van der Waals surface area (Å²) >= 11 is 0. The maximum atomic E-state index is 12.7. The van der Waals surface area contributed by atoms with Crippen molar-refractivity contribution in [2.24, 2.45) is 0 Å². The monoisotopic (exact) mass is 431 g/mol. The van der Waals surface area contributed by atoms with Gasteiger partial charge in [-0.3, -0.25) is 9.59 Å². The predicted molar refractivity (Wildman–Crippen MR) is 130 cm³/mol. The number of nitrogens with one attached hydrogen (secondary N) is 2. The van der Waals surface area contributed by atoms with Crippen LogP contribution in [0.3, 0.4) is 0 Å². The third-order valence-electron chi connectivity index (χ3n) is 4.94. The molecular weight excluding hydrogens is 402 g/mol. The zero-order chi connectivity index (χ0) is 22.8. The van der Waals surface area contributed by atoms with E-state index < -0.39 is 0 Å². The number of benzene rings is 3. The molecule has 0 aromatic heterocycles. The van der Waals surface area contributed by atoms with Crippen LogP contribution in [-0.2, 0) is 4.79 Å². The molecule has 0 heterocycles. The summed E-state index contributed by atoms with van der Waals surface area (Å²) in [4.78, 5) is 26.5. The van der Waals surface area contributed by atoms with Crippen LogP contribution in [-0.4, -0.2) is 32.0 Å². The van der Waals surface area contributed by atoms with E-state index >= 15 is 0 Å². The largest absolute Gasteiger partial charge is 0.494 e. The molecule has 0 spiro atoms. The van der Waals surface area contributed by atoms with E-state index in [1.807, 2.05) is 54.6 Å². The van der Waals surface area contributed by atoms with Gasteiger partial charge in [-0.25, -0.2) is 0 Å². The summed E-state index contributed by atoms with van der Waals surface area (Å²) in [5, 5.41) is 5.93. The van der Waals surface area contributed by atoms with Crippen LogP contribution < -0.4 is 20.3 Å². The van der Waals surface area contributed by atoms with Gasteiger partial charge in [0.1, 0.15) is 5.75 Å². The molecular formula is C26H29N3O3. The number of carbonyl (C=O) groups is 2. The molecule has 2 amide bonds. The molecule has 6 heteroatoms. The Morgan fingerprint density at radius 3 is 2.19 bits per heavy atom. The van der Waals surface area contributed by atoms with Gasteiger partial charge in [0.15, 0.2) is 0 Å². The molecule has 0 unspecified atom stereocenters. The molecule has 0 aliphatic rings. The van der Waals surface area contributed by atoms with E-state index in [1.165, 1.54) is 0 Å². The molecule has 3 rings (SSSR count). The van der Waals surface area contributed by atoms with Crippen LogP contribution in [0.1, 0.15) is 30.1 Å². The number of hydrogen-bond donors (Lipinski definition) is 2. The first-order chi connectivity index (χ1) is 15.6. The number of anilines is 3. The number of unbranched alkanes of at least 4 members (excludes halogenated alkanes) is 1. The van der Waals surface area contributed by atoms with Crippen LogP contribution in [0.4, 0.5) is 17.1 Å². The molecule has 0 aliphatic heterocycles. The summed E-state index contributed by atoms with van der Waals surface area (Å²) in [6, 6.07) is 23.9. The zero-order valence-corrected chi connectivity index (χ0v) is 18.5. The summed E-state index contributed by atoms with van der Waals surface area (Å²) in [7, 11) is 1.74. The van der Waals surface area contributed by atoms with E-state index in [-0.39, 0.29) is 18.4 Å². The summed E-state index contributed by atoms with van der Waals surface area (Å²) in [5.74, 6) is 0.535. The molecule has 0 bridgehead atoms. The molecule has 6 nitrogen and oxygen atoms in total. The third-order valence-corrected chi connectivity index (χ3v) is 4.94. The second-order valence-corrected chi connectivity index (χ2v) is 7.41. The minimum atomic E-state index is -0.172. The van der Waals surface area contributed by atoms with E-state index in [4.69, 9.17) is 4.74 Å². The van der Waals surface area contributed by atoms with Crippen LogP contribution in [0.2, 0.25) is 0 Å². The molecule has 166 valence electrons. The normalized spacial score (nSPS) is 10.3. The second kappa shape index (κ2) is 11.6. The van der Waals surface area contributed by atoms with Crippen LogP contribution in [0.5, 0.6) is 5.75 Å². The summed E-state index contributed by atoms with van der Waals surface area (Å²) in [6.07, 6.45) is 2.12. The van der Waals surface area contributed by atoms with Crippen molar-refractivity contribution < 1.29 is 14.3 Å². The van der Waals surface area contributed by atoms with Gasteiger partial charge in [0.2, 0.25) is 5.91 Å². The molecule has 3 aromatic carbocycles. The lowest BCUT2D eigenvalue weighted by molar-refractivity contribution is -0.114. The topological polar surface area (TPSA) is 70.7 Å². The number of nitrogens with zero attached hydrogens (tertiary/aromatic N) is 1. The zero-order valence-electron chi connectivity index (χ0n) is 18.5. The standard InChI is InChI=1S/C26H29N3O3/c1-3-4-18-32-24-16-14-21(15-17-24)27-19-25(30)28-22-12-10-20(11-13-22)26(31)29(2)23-8-6-5-7-9-23/h5-17,27H,3-4,18-19H2,1-2H3,(H,28,30). The van der Waals surface area contributed by atoms with Gasteiger partial charge in [0.25, 0.3) is 5.91 Å². The predicted octanol–water partition coefficient (Wildman–Crippen LogP) is 5.19. The first-order valence-corrected chi connectivity index (χ1v) is 10.8. The van der Waals surface area contributed by atoms with Crippen LogP contribution in [0.15, 0.2) is 78.9 Å². The fraction of sp³-hybridized carbons (Fsp3) is 0.231. The van der Waals surface area contributed by atoms with Gasteiger partial charge in [0.05, 0.1) is 13.2 Å². The summed E-state index contributed by atoms with van der Waals surface area (Å²) in [5.41, 5.74) is 2.85. The van der Waals surface area contributed by atoms with Gasteiger partial charge in [-0.15, -0.1) is 0 Å². The highest BCUT2D eigenvalue weighted by Gasteiger charge is 2.13. The van der Waals surface area contributed by atoms with E-state index in [1.54, 1.807) is 36.2 Å². The smallest absolute Gasteiger partial charge is 0.258 e. The Labute approximate surface area is 189 Å². The Balaban J connectivity index is 1.47. The van der Waals surface area contributed by atoms with Gasteiger partial charge >= 0.3 is 0 Å². The fourth-order valence-electron chi connectivity index (χ4n) is 3.05. The molecule has 0 atom stereocenters. The lowest BCUT2D eigenvalue weighted by atomic mass is 10.1. The van der Waals surface area contributed by atoms with Gasteiger partial charge in [-0.1, -0.05) is 31.5 Å². The molecule has 0 radical (unpaired) electrons. The van der Waals surface area contributed by atoms with Crippen LogP contribution in [0.25, 0.3) is 0 Å². The molecule has 0 fully saturated rings. The van der Waals surface area contributed by atoms with Gasteiger partial charge in [0, 0.05) is 29.7 Å². The number of carbonyl (C=O) groups excluding carboxylic acids is 2. The van der Waals surface area contributed by atoms with Crippen molar-refractivity contribution in [2.45, 2.75) is 19.8 Å². The summed E-state index contributed by atoms with van der Waals surface area (Å²) in [6.45, 7) is 2.96. The Hall–Kier alpha value is -3.80. The molecule has 2 N–H and O–H groups in total. The maximum Gasteiger partial charge on any atom is 0.258 e. The number of ether oxygens (including phenoxy) is 1. The van der Waals surface area contributed by atoms with Gasteiger partial charge in [-0.2, -0.15) is 0 Å². The van der Waals surface area contributed by atoms with Crippen molar-refractivity contribution in [3.8, 4) is 5.75 Å². The number of para-hydroxylation sites is 1. The highest BCUT2D eigenvalue weighted by atomic mass is 16.5. The van der Waals surface area contributed by atoms with Crippen molar-refractivity contribution >= 4 is 28.9 Å². The van der Waals surface area contributed by atoms with Crippen molar-refractivity contribution in [1.82, 2.24) is 0 Å². The first-order valence-electron chi connectivity index (χ1n) is 10.8. The molecule has 32 heavy (non-hydrogen) atoms. The molecule has 0 saturated heterocycles. The molecule has 3 aromatic rings. The Morgan fingerprint density at radius 2 is 1.53 bits per heavy atom. The maximum absolute atomic E-state index is 12.7. The lowest BCUT2D eigenvalue weighted by Gasteiger charge is -2.17. The minimum absolute atomic E-state index is 0.113.